The van der Waals surface area contributed by atoms with Gasteiger partial charge in [-0.25, -0.2) is 0 Å². The summed E-state index contributed by atoms with van der Waals surface area (Å²) in [6.07, 6.45) is 0. The highest BCUT2D eigenvalue weighted by molar-refractivity contribution is 7.21. The number of hydrogen-bond acceptors (Lipinski definition) is 4. The van der Waals surface area contributed by atoms with Crippen LogP contribution in [0.3, 0.4) is 0 Å². The summed E-state index contributed by atoms with van der Waals surface area (Å²) in [4.78, 5) is 0. The predicted octanol–water partition coefficient (Wildman–Crippen LogP) is 7.98. The number of aromatic hydroxyl groups is 1. The minimum absolute atomic E-state index is 0.263. The van der Waals surface area contributed by atoms with E-state index in [2.05, 4.69) is 114 Å². The lowest BCUT2D eigenvalue weighted by Gasteiger charge is -2.08. The van der Waals surface area contributed by atoms with E-state index in [0.717, 1.165) is 64.2 Å². The SMILES string of the molecule is COc1cc2ccccc2cc1-c1sc2ccccc2[n+]1[B][n+]1c(-c2cc3ccccc3cc2O)sc2ccccc21. The first kappa shape index (κ1) is 25.0. The van der Waals surface area contributed by atoms with Crippen molar-refractivity contribution < 1.29 is 18.8 Å². The summed E-state index contributed by atoms with van der Waals surface area (Å²) in [5, 5.41) is 17.7. The maximum absolute atomic E-state index is 11.3. The van der Waals surface area contributed by atoms with Gasteiger partial charge in [-0.3, -0.25) is 0 Å². The second-order valence-corrected chi connectivity index (χ2v) is 12.3. The van der Waals surface area contributed by atoms with Crippen LogP contribution in [0.4, 0.5) is 0 Å². The molecule has 0 unspecified atom stereocenters. The highest BCUT2D eigenvalue weighted by Crippen LogP contribution is 2.39. The Morgan fingerprint density at radius 1 is 0.571 bits per heavy atom. The normalized spacial score (nSPS) is 11.5. The molecule has 7 heteroatoms. The number of para-hydroxylation sites is 2. The van der Waals surface area contributed by atoms with Gasteiger partial charge in [0.15, 0.2) is 0 Å². The first-order chi connectivity index (χ1) is 20.7. The summed E-state index contributed by atoms with van der Waals surface area (Å²) in [6, 6.07) is 41.7. The van der Waals surface area contributed by atoms with E-state index in [0.29, 0.717) is 0 Å². The minimum Gasteiger partial charge on any atom is -0.507 e. The molecular formula is C35H24BN2O2S2+2. The predicted molar refractivity (Wildman–Crippen MR) is 175 cm³/mol. The van der Waals surface area contributed by atoms with Crippen molar-refractivity contribution in [3.8, 4) is 32.6 Å². The van der Waals surface area contributed by atoms with Crippen molar-refractivity contribution in [2.45, 2.75) is 0 Å². The molecule has 0 spiro atoms. The average Bonchev–Trinajstić information content (AvgIpc) is 3.58. The minimum atomic E-state index is 0.263. The fourth-order valence-corrected chi connectivity index (χ4v) is 7.96. The Morgan fingerprint density at radius 3 is 1.60 bits per heavy atom. The monoisotopic (exact) mass is 579 g/mol. The van der Waals surface area contributed by atoms with Gasteiger partial charge in [0, 0.05) is 12.1 Å². The molecule has 0 aliphatic rings. The summed E-state index contributed by atoms with van der Waals surface area (Å²) in [6.45, 7) is 0. The summed E-state index contributed by atoms with van der Waals surface area (Å²) < 4.78 is 12.7. The highest BCUT2D eigenvalue weighted by atomic mass is 32.1. The molecule has 8 rings (SSSR count). The Bertz CT molecular complexity index is 2310. The van der Waals surface area contributed by atoms with E-state index in [1.54, 1.807) is 29.8 Å². The molecule has 0 amide bonds. The molecule has 1 N–H and O–H groups in total. The molecule has 0 aliphatic heterocycles. The first-order valence-electron chi connectivity index (χ1n) is 13.7. The number of phenols is 1. The maximum atomic E-state index is 11.3. The van der Waals surface area contributed by atoms with Gasteiger partial charge in [0.05, 0.1) is 18.2 Å². The molecule has 0 fully saturated rings. The lowest BCUT2D eigenvalue weighted by Crippen LogP contribution is -2.59. The van der Waals surface area contributed by atoms with Gasteiger partial charge in [-0.2, -0.15) is 8.96 Å². The molecule has 0 aliphatic carbocycles. The second-order valence-electron chi connectivity index (χ2n) is 10.2. The molecule has 6 aromatic carbocycles. The fraction of sp³-hybridized carbons (Fsp3) is 0.0286. The van der Waals surface area contributed by atoms with Gasteiger partial charge >= 0.3 is 7.55 Å². The number of phenolic OH excluding ortho intramolecular Hbond substituents is 1. The summed E-state index contributed by atoms with van der Waals surface area (Å²) in [7, 11) is 3.89. The van der Waals surface area contributed by atoms with Crippen LogP contribution in [0.2, 0.25) is 0 Å². The van der Waals surface area contributed by atoms with Crippen LogP contribution in [0.25, 0.3) is 63.1 Å². The van der Waals surface area contributed by atoms with E-state index >= 15 is 0 Å². The Balaban J connectivity index is 1.39. The molecule has 8 aromatic rings. The van der Waals surface area contributed by atoms with Crippen LogP contribution >= 0.6 is 22.7 Å². The summed E-state index contributed by atoms with van der Waals surface area (Å²) >= 11 is 3.42. The Labute approximate surface area is 251 Å². The quantitative estimate of drug-likeness (QED) is 0.210. The van der Waals surface area contributed by atoms with Gasteiger partial charge in [0.2, 0.25) is 11.0 Å². The number of thiazole rings is 2. The van der Waals surface area contributed by atoms with Crippen LogP contribution in [-0.2, 0) is 0 Å². The van der Waals surface area contributed by atoms with E-state index in [9.17, 15) is 5.11 Å². The molecule has 4 nitrogen and oxygen atoms in total. The van der Waals surface area contributed by atoms with Crippen molar-refractivity contribution in [2.24, 2.45) is 0 Å². The number of benzene rings is 6. The van der Waals surface area contributed by atoms with Crippen LogP contribution in [0, 0.1) is 0 Å². The number of hydrogen-bond donors (Lipinski definition) is 1. The lowest BCUT2D eigenvalue weighted by molar-refractivity contribution is -0.615. The Morgan fingerprint density at radius 2 is 1.02 bits per heavy atom. The van der Waals surface area contributed by atoms with E-state index in [1.807, 2.05) is 24.3 Å². The van der Waals surface area contributed by atoms with Crippen molar-refractivity contribution in [1.82, 2.24) is 0 Å². The molecular weight excluding hydrogens is 555 g/mol. The van der Waals surface area contributed by atoms with Crippen molar-refractivity contribution in [1.29, 1.82) is 0 Å². The van der Waals surface area contributed by atoms with E-state index in [1.165, 1.54) is 4.70 Å². The molecule has 1 radical (unpaired) electrons. The number of nitrogens with zero attached hydrogens (tertiary/aromatic N) is 2. The smallest absolute Gasteiger partial charge is 0.507 e. The van der Waals surface area contributed by atoms with Crippen molar-refractivity contribution in [3.63, 3.8) is 0 Å². The lowest BCUT2D eigenvalue weighted by atomic mass is 10.0. The largest absolute Gasteiger partial charge is 0.989 e. The molecule has 42 heavy (non-hydrogen) atoms. The summed E-state index contributed by atoms with van der Waals surface area (Å²) in [5.41, 5.74) is 4.01. The van der Waals surface area contributed by atoms with Crippen LogP contribution in [0.15, 0.2) is 121 Å². The van der Waals surface area contributed by atoms with Crippen LogP contribution in [0.1, 0.15) is 0 Å². The van der Waals surface area contributed by atoms with Crippen molar-refractivity contribution in [2.75, 3.05) is 7.11 Å². The number of rotatable bonds is 5. The molecule has 2 heterocycles. The van der Waals surface area contributed by atoms with Crippen molar-refractivity contribution >= 4 is 72.2 Å². The zero-order valence-corrected chi connectivity index (χ0v) is 24.3. The van der Waals surface area contributed by atoms with Gasteiger partial charge in [0.1, 0.15) is 20.9 Å². The zero-order chi connectivity index (χ0) is 28.2. The van der Waals surface area contributed by atoms with Crippen LogP contribution < -0.4 is 13.7 Å². The highest BCUT2D eigenvalue weighted by Gasteiger charge is 2.41. The van der Waals surface area contributed by atoms with Gasteiger partial charge in [-0.15, -0.1) is 0 Å². The summed E-state index contributed by atoms with van der Waals surface area (Å²) in [5.74, 6) is 1.09. The number of ether oxygens (including phenoxy) is 1. The molecule has 0 saturated carbocycles. The maximum Gasteiger partial charge on any atom is 0.989 e. The third-order valence-corrected chi connectivity index (χ3v) is 10.1. The standard InChI is InChI=1S/C35H24BN2O2S2/c1-40-31-21-25-13-5-3-11-23(25)19-27(31)35-38(29-15-7-9-17-33(29)42-35)36-37-28-14-6-8-16-32(28)41-34(37)26-18-22-10-2-4-12-24(22)20-30(26)39/h2-21,39H,1H3/q+2. The third kappa shape index (κ3) is 4.04. The van der Waals surface area contributed by atoms with E-state index in [4.69, 9.17) is 4.74 Å². The first-order valence-corrected chi connectivity index (χ1v) is 15.3. The van der Waals surface area contributed by atoms with Gasteiger partial charge in [-0.05, 0) is 57.9 Å². The Kier molecular flexibility index (Phi) is 5.95. The van der Waals surface area contributed by atoms with Crippen LogP contribution in [0.5, 0.6) is 11.5 Å². The molecule has 0 bridgehead atoms. The molecule has 199 valence electrons. The van der Waals surface area contributed by atoms with Crippen molar-refractivity contribution in [3.05, 3.63) is 121 Å². The fourth-order valence-electron chi connectivity index (χ4n) is 5.68. The average molecular weight is 580 g/mol. The number of fused-ring (bicyclic) bond motifs is 4. The number of methoxy groups -OCH3 is 1. The zero-order valence-electron chi connectivity index (χ0n) is 22.7. The second kappa shape index (κ2) is 9.98. The molecule has 2 aromatic heterocycles. The molecule has 0 saturated heterocycles. The Hall–Kier alpha value is -4.72. The van der Waals surface area contributed by atoms with E-state index < -0.39 is 0 Å². The van der Waals surface area contributed by atoms with Gasteiger partial charge < -0.3 is 9.84 Å². The topological polar surface area (TPSA) is 37.2 Å². The van der Waals surface area contributed by atoms with Gasteiger partial charge in [-0.1, -0.05) is 95.5 Å². The van der Waals surface area contributed by atoms with Crippen LogP contribution in [-0.4, -0.2) is 19.8 Å². The molecule has 0 atom stereocenters. The number of aromatic nitrogens is 2. The van der Waals surface area contributed by atoms with Gasteiger partial charge in [0.25, 0.3) is 10.0 Å². The third-order valence-electron chi connectivity index (χ3n) is 7.72. The van der Waals surface area contributed by atoms with E-state index in [-0.39, 0.29) is 5.75 Å².